The molecule has 0 spiro atoms. The Kier molecular flexibility index (Phi) is 13.6. The molecule has 0 amide bonds. The van der Waals surface area contributed by atoms with Crippen molar-refractivity contribution in [3.63, 3.8) is 0 Å². The number of fused-ring (bicyclic) bond motifs is 1. The first kappa shape index (κ1) is 25.6. The van der Waals surface area contributed by atoms with E-state index in [9.17, 15) is 0 Å². The van der Waals surface area contributed by atoms with Crippen LogP contribution in [-0.2, 0) is 21.7 Å². The Hall–Kier alpha value is -0.606. The van der Waals surface area contributed by atoms with Crippen molar-refractivity contribution in [2.75, 3.05) is 27.7 Å². The summed E-state index contributed by atoms with van der Waals surface area (Å²) in [6.45, 7) is 1.01. The topological polar surface area (TPSA) is 23.5 Å². The molecule has 5 heteroatoms. The molecule has 24 heavy (non-hydrogen) atoms. The monoisotopic (exact) mass is 398 g/mol. The van der Waals surface area contributed by atoms with Crippen molar-refractivity contribution in [3.8, 4) is 0 Å². The maximum atomic E-state index is 7.00. The van der Waals surface area contributed by atoms with Gasteiger partial charge in [0, 0.05) is 13.7 Å². The van der Waals surface area contributed by atoms with Crippen LogP contribution < -0.4 is 24.8 Å². The van der Waals surface area contributed by atoms with E-state index >= 15 is 0 Å². The van der Waals surface area contributed by atoms with Gasteiger partial charge in [0.25, 0.3) is 0 Å². The third-order valence-corrected chi connectivity index (χ3v) is 3.45. The molecule has 0 saturated heterocycles. The van der Waals surface area contributed by atoms with Crippen molar-refractivity contribution in [1.82, 2.24) is 4.90 Å². The second-order valence-electron chi connectivity index (χ2n) is 5.35. The van der Waals surface area contributed by atoms with Crippen LogP contribution in [0.15, 0.2) is 54.1 Å². The largest absolute Gasteiger partial charge is 3.00 e. The van der Waals surface area contributed by atoms with Gasteiger partial charge >= 0.3 is 21.7 Å². The summed E-state index contributed by atoms with van der Waals surface area (Å²) < 4.78 is 0. The van der Waals surface area contributed by atoms with E-state index in [0.717, 1.165) is 20.1 Å². The van der Waals surface area contributed by atoms with Crippen LogP contribution in [0.25, 0.3) is 16.3 Å². The zero-order valence-corrected chi connectivity index (χ0v) is 17.3. The standard InChI is InChI=1S/C18H18N.CH4O.2ClH.Ti/c1-19(2)13-14-7-8-17(11-14)18-10-9-15-5-3-4-6-16(15)12-18;1-2;;;/h3-7,9-11H,8,13H2,1-2H3;2H,1H3;2*1H;/q-1;;;;+3/p-2. The van der Waals surface area contributed by atoms with Crippen molar-refractivity contribution < 1.29 is 51.6 Å². The van der Waals surface area contributed by atoms with Crippen molar-refractivity contribution in [3.05, 3.63) is 65.8 Å². The van der Waals surface area contributed by atoms with Gasteiger partial charge < -0.3 is 34.8 Å². The van der Waals surface area contributed by atoms with Crippen LogP contribution in [0, 0.1) is 6.07 Å². The molecule has 1 radical (unpaired) electrons. The Morgan fingerprint density at radius 2 is 1.71 bits per heavy atom. The maximum absolute atomic E-state index is 7.00. The Morgan fingerprint density at radius 3 is 2.38 bits per heavy atom. The maximum Gasteiger partial charge on any atom is 3.00 e. The van der Waals surface area contributed by atoms with Crippen LogP contribution in [0.5, 0.6) is 0 Å². The number of hydrogen-bond acceptors (Lipinski definition) is 2. The molecule has 1 aliphatic rings. The molecule has 0 saturated carbocycles. The van der Waals surface area contributed by atoms with Gasteiger partial charge in [-0.25, -0.2) is 0 Å². The van der Waals surface area contributed by atoms with E-state index in [1.54, 1.807) is 0 Å². The van der Waals surface area contributed by atoms with E-state index in [-0.39, 0.29) is 46.5 Å². The van der Waals surface area contributed by atoms with Crippen LogP contribution >= 0.6 is 0 Å². The summed E-state index contributed by atoms with van der Waals surface area (Å²) in [5.74, 6) is 0. The van der Waals surface area contributed by atoms with E-state index in [1.807, 2.05) is 0 Å². The Bertz CT molecular complexity index is 684. The molecule has 0 fully saturated rings. The van der Waals surface area contributed by atoms with Crippen molar-refractivity contribution in [2.45, 2.75) is 6.42 Å². The molecule has 0 atom stereocenters. The van der Waals surface area contributed by atoms with Crippen molar-refractivity contribution in [2.24, 2.45) is 0 Å². The number of nitrogens with zero attached hydrogens (tertiary/aromatic N) is 1. The summed E-state index contributed by atoms with van der Waals surface area (Å²) in [6, 6.07) is 16.3. The summed E-state index contributed by atoms with van der Waals surface area (Å²) in [7, 11) is 5.21. The summed E-state index contributed by atoms with van der Waals surface area (Å²) in [4.78, 5) is 2.20. The number of hydrogen-bond donors (Lipinski definition) is 1. The number of allylic oxidation sites excluding steroid dienone is 2. The second-order valence-corrected chi connectivity index (χ2v) is 5.35. The number of benzene rings is 2. The van der Waals surface area contributed by atoms with Gasteiger partial charge in [0.05, 0.1) is 0 Å². The zero-order chi connectivity index (χ0) is 15.2. The molecule has 2 aromatic carbocycles. The van der Waals surface area contributed by atoms with Crippen LogP contribution in [0.2, 0.25) is 0 Å². The molecule has 0 unspecified atom stereocenters. The Morgan fingerprint density at radius 1 is 1.04 bits per heavy atom. The molecule has 127 valence electrons. The first-order valence-electron chi connectivity index (χ1n) is 7.13. The molecule has 2 nitrogen and oxygen atoms in total. The van der Waals surface area contributed by atoms with Crippen LogP contribution in [0.4, 0.5) is 0 Å². The van der Waals surface area contributed by atoms with E-state index in [1.165, 1.54) is 27.5 Å². The average molecular weight is 399 g/mol. The predicted molar refractivity (Wildman–Crippen MR) is 90.2 cm³/mol. The first-order chi connectivity index (χ1) is 10.2. The number of rotatable bonds is 3. The van der Waals surface area contributed by atoms with Crippen LogP contribution in [0.3, 0.4) is 0 Å². The second kappa shape index (κ2) is 12.7. The molecule has 0 heterocycles. The zero-order valence-electron chi connectivity index (χ0n) is 14.2. The Labute approximate surface area is 172 Å². The molecule has 0 bridgehead atoms. The van der Waals surface area contributed by atoms with Crippen LogP contribution in [0.1, 0.15) is 12.0 Å². The number of likely N-dealkylation sites (N-methyl/N-ethyl adjacent to an activating group) is 1. The molecule has 0 aromatic heterocycles. The van der Waals surface area contributed by atoms with Gasteiger partial charge in [0.1, 0.15) is 0 Å². The fourth-order valence-electron chi connectivity index (χ4n) is 2.55. The molecule has 2 aromatic rings. The number of aliphatic hydroxyl groups is 1. The predicted octanol–water partition coefficient (Wildman–Crippen LogP) is -2.47. The van der Waals surface area contributed by atoms with E-state index in [0.29, 0.717) is 0 Å². The molecular formula is C19H22Cl2NOTi. The fraction of sp³-hybridized carbons (Fsp3) is 0.263. The van der Waals surface area contributed by atoms with E-state index in [4.69, 9.17) is 5.11 Å². The molecular weight excluding hydrogens is 377 g/mol. The normalized spacial score (nSPS) is 12.0. The molecule has 1 N–H and O–H groups in total. The van der Waals surface area contributed by atoms with Crippen molar-refractivity contribution >= 4 is 16.3 Å². The van der Waals surface area contributed by atoms with Crippen LogP contribution in [-0.4, -0.2) is 37.8 Å². The number of aliphatic hydroxyl groups excluding tert-OH is 1. The minimum absolute atomic E-state index is 0. The average Bonchev–Trinajstić information content (AvgIpc) is 2.96. The molecule has 0 aliphatic heterocycles. The summed E-state index contributed by atoms with van der Waals surface area (Å²) in [6.07, 6.45) is 5.65. The van der Waals surface area contributed by atoms with Crippen molar-refractivity contribution in [1.29, 1.82) is 0 Å². The van der Waals surface area contributed by atoms with E-state index < -0.39 is 0 Å². The number of halogens is 2. The van der Waals surface area contributed by atoms with Gasteiger partial charge in [-0.05, 0) is 26.1 Å². The van der Waals surface area contributed by atoms with Gasteiger partial charge in [-0.15, -0.1) is 40.8 Å². The Balaban J connectivity index is 0. The van der Waals surface area contributed by atoms with Gasteiger partial charge in [0.15, 0.2) is 0 Å². The molecule has 1 aliphatic carbocycles. The smallest absolute Gasteiger partial charge is 1.00 e. The summed E-state index contributed by atoms with van der Waals surface area (Å²) >= 11 is 0. The third-order valence-electron chi connectivity index (χ3n) is 3.45. The van der Waals surface area contributed by atoms with Gasteiger partial charge in [0.2, 0.25) is 0 Å². The first-order valence-corrected chi connectivity index (χ1v) is 7.13. The SMILES string of the molecule is CN(C)CC1=CCC(c2[c-]c3ccccc3cc2)=C1.CO.[Cl-].[Cl-].[Ti+3]. The minimum atomic E-state index is 0. The van der Waals surface area contributed by atoms with Gasteiger partial charge in [-0.1, -0.05) is 35.7 Å². The third kappa shape index (κ3) is 6.72. The minimum Gasteiger partial charge on any atom is -1.00 e. The molecule has 3 rings (SSSR count). The van der Waals surface area contributed by atoms with E-state index in [2.05, 4.69) is 73.6 Å². The summed E-state index contributed by atoms with van der Waals surface area (Å²) in [5, 5.41) is 9.45. The van der Waals surface area contributed by atoms with Gasteiger partial charge in [-0.2, -0.15) is 0 Å². The van der Waals surface area contributed by atoms with Gasteiger partial charge in [-0.3, -0.25) is 0 Å². The quantitative estimate of drug-likeness (QED) is 0.457. The summed E-state index contributed by atoms with van der Waals surface area (Å²) in [5.41, 5.74) is 4.01. The fourth-order valence-corrected chi connectivity index (χ4v) is 2.55.